The van der Waals surface area contributed by atoms with Crippen LogP contribution in [-0.4, -0.2) is 19.5 Å². The van der Waals surface area contributed by atoms with Crippen LogP contribution < -0.4 is 0 Å². The Hall–Kier alpha value is -7.17. The van der Waals surface area contributed by atoms with Crippen molar-refractivity contribution in [1.29, 1.82) is 0 Å². The Bertz CT molecular complexity index is 2820. The zero-order chi connectivity index (χ0) is 35.1. The molecule has 4 nitrogen and oxygen atoms in total. The van der Waals surface area contributed by atoms with Crippen LogP contribution in [0.1, 0.15) is 0 Å². The van der Waals surface area contributed by atoms with Gasteiger partial charge in [-0.3, -0.25) is 0 Å². The second-order valence-electron chi connectivity index (χ2n) is 13.3. The fraction of sp³-hybridized carbons (Fsp3) is 0. The molecule has 0 fully saturated rings. The molecule has 0 aliphatic carbocycles. The molecule has 0 aliphatic heterocycles. The van der Waals surface area contributed by atoms with Crippen molar-refractivity contribution < 1.29 is 0 Å². The number of nitrogens with zero attached hydrogens (tertiary/aromatic N) is 4. The summed E-state index contributed by atoms with van der Waals surface area (Å²) in [6.45, 7) is 0. The number of para-hydroxylation sites is 2. The van der Waals surface area contributed by atoms with E-state index in [0.717, 1.165) is 33.5 Å². The molecule has 0 amide bonds. The zero-order valence-electron chi connectivity index (χ0n) is 28.8. The van der Waals surface area contributed by atoms with Gasteiger partial charge in [-0.25, -0.2) is 15.0 Å². The van der Waals surface area contributed by atoms with Gasteiger partial charge >= 0.3 is 0 Å². The van der Waals surface area contributed by atoms with Gasteiger partial charge in [0.05, 0.1) is 11.0 Å². The van der Waals surface area contributed by atoms with Gasteiger partial charge in [0, 0.05) is 33.2 Å². The van der Waals surface area contributed by atoms with Crippen LogP contribution in [0.25, 0.3) is 94.7 Å². The van der Waals surface area contributed by atoms with Gasteiger partial charge < -0.3 is 4.57 Å². The van der Waals surface area contributed by atoms with Gasteiger partial charge in [0.1, 0.15) is 0 Å². The molecule has 0 saturated carbocycles. The van der Waals surface area contributed by atoms with E-state index in [0.29, 0.717) is 17.5 Å². The van der Waals surface area contributed by atoms with Crippen molar-refractivity contribution in [3.8, 4) is 62.1 Å². The first-order valence-corrected chi connectivity index (χ1v) is 17.9. The van der Waals surface area contributed by atoms with E-state index in [2.05, 4.69) is 138 Å². The van der Waals surface area contributed by atoms with E-state index in [1.165, 1.54) is 43.7 Å². The molecule has 4 heteroatoms. The SMILES string of the molecule is c1ccc(-c2nc(-c3ccccc3)nc(-c3ccc(-c4ccc5ccc(-c6cccc(-n7c8ccccc8c8ccccc87)c6)cc5c4)cc3)n2)cc1. The number of benzene rings is 8. The van der Waals surface area contributed by atoms with Crippen LogP contribution in [0.5, 0.6) is 0 Å². The summed E-state index contributed by atoms with van der Waals surface area (Å²) >= 11 is 0. The highest BCUT2D eigenvalue weighted by Gasteiger charge is 2.14. The van der Waals surface area contributed by atoms with Gasteiger partial charge in [0.2, 0.25) is 0 Å². The van der Waals surface area contributed by atoms with Crippen molar-refractivity contribution >= 4 is 32.6 Å². The van der Waals surface area contributed by atoms with Crippen LogP contribution in [0, 0.1) is 0 Å². The molecule has 0 saturated heterocycles. The molecular formula is C49H32N4. The predicted octanol–water partition coefficient (Wildman–Crippen LogP) is 12.5. The quantitative estimate of drug-likeness (QED) is 0.176. The summed E-state index contributed by atoms with van der Waals surface area (Å²) in [6.07, 6.45) is 0. The van der Waals surface area contributed by atoms with Gasteiger partial charge in [0.25, 0.3) is 0 Å². The Morgan fingerprint density at radius 1 is 0.283 bits per heavy atom. The molecule has 53 heavy (non-hydrogen) atoms. The Morgan fingerprint density at radius 2 is 0.698 bits per heavy atom. The Kier molecular flexibility index (Phi) is 7.43. The molecule has 0 aliphatic rings. The summed E-state index contributed by atoms with van der Waals surface area (Å²) in [5, 5.41) is 4.94. The van der Waals surface area contributed by atoms with Crippen LogP contribution in [0.15, 0.2) is 194 Å². The molecule has 0 radical (unpaired) electrons. The third-order valence-corrected chi connectivity index (χ3v) is 10.0. The van der Waals surface area contributed by atoms with Gasteiger partial charge in [-0.2, -0.15) is 0 Å². The smallest absolute Gasteiger partial charge is 0.164 e. The van der Waals surface area contributed by atoms with Crippen molar-refractivity contribution in [2.45, 2.75) is 0 Å². The first-order valence-electron chi connectivity index (χ1n) is 17.9. The molecule has 0 atom stereocenters. The second kappa shape index (κ2) is 12.9. The van der Waals surface area contributed by atoms with Crippen molar-refractivity contribution in [2.75, 3.05) is 0 Å². The third-order valence-electron chi connectivity index (χ3n) is 10.0. The highest BCUT2D eigenvalue weighted by Crippen LogP contribution is 2.35. The van der Waals surface area contributed by atoms with Crippen molar-refractivity contribution in [3.63, 3.8) is 0 Å². The maximum Gasteiger partial charge on any atom is 0.164 e. The summed E-state index contributed by atoms with van der Waals surface area (Å²) in [4.78, 5) is 14.7. The van der Waals surface area contributed by atoms with Crippen molar-refractivity contribution in [2.24, 2.45) is 0 Å². The largest absolute Gasteiger partial charge is 0.309 e. The lowest BCUT2D eigenvalue weighted by atomic mass is 9.97. The van der Waals surface area contributed by atoms with E-state index in [4.69, 9.17) is 15.0 Å². The van der Waals surface area contributed by atoms with Crippen molar-refractivity contribution in [3.05, 3.63) is 194 Å². The molecule has 248 valence electrons. The maximum absolute atomic E-state index is 4.91. The summed E-state index contributed by atoms with van der Waals surface area (Å²) in [6, 6.07) is 68.3. The lowest BCUT2D eigenvalue weighted by Crippen LogP contribution is -2.00. The molecule has 0 unspecified atom stereocenters. The maximum atomic E-state index is 4.91. The van der Waals surface area contributed by atoms with E-state index in [9.17, 15) is 0 Å². The van der Waals surface area contributed by atoms with Crippen LogP contribution in [0.4, 0.5) is 0 Å². The van der Waals surface area contributed by atoms with Gasteiger partial charge in [-0.15, -0.1) is 0 Å². The zero-order valence-corrected chi connectivity index (χ0v) is 28.8. The van der Waals surface area contributed by atoms with Crippen LogP contribution >= 0.6 is 0 Å². The van der Waals surface area contributed by atoms with E-state index in [1.54, 1.807) is 0 Å². The lowest BCUT2D eigenvalue weighted by Gasteiger charge is -2.11. The molecule has 2 heterocycles. The molecule has 8 aromatic carbocycles. The molecule has 0 bridgehead atoms. The molecule has 0 spiro atoms. The van der Waals surface area contributed by atoms with Crippen LogP contribution in [0.3, 0.4) is 0 Å². The molecular weight excluding hydrogens is 645 g/mol. The minimum atomic E-state index is 0.649. The van der Waals surface area contributed by atoms with Gasteiger partial charge in [-0.05, 0) is 69.4 Å². The summed E-state index contributed by atoms with van der Waals surface area (Å²) in [5.41, 5.74) is 11.1. The topological polar surface area (TPSA) is 43.6 Å². The number of hydrogen-bond acceptors (Lipinski definition) is 3. The highest BCUT2D eigenvalue weighted by atomic mass is 15.0. The van der Waals surface area contributed by atoms with E-state index in [-0.39, 0.29) is 0 Å². The van der Waals surface area contributed by atoms with E-state index >= 15 is 0 Å². The number of hydrogen-bond donors (Lipinski definition) is 0. The number of fused-ring (bicyclic) bond motifs is 4. The fourth-order valence-electron chi connectivity index (χ4n) is 7.38. The van der Waals surface area contributed by atoms with Crippen molar-refractivity contribution in [1.82, 2.24) is 19.5 Å². The molecule has 2 aromatic heterocycles. The van der Waals surface area contributed by atoms with Crippen LogP contribution in [0.2, 0.25) is 0 Å². The predicted molar refractivity (Wildman–Crippen MR) is 219 cm³/mol. The number of rotatable bonds is 6. The second-order valence-corrected chi connectivity index (χ2v) is 13.3. The molecule has 0 N–H and O–H groups in total. The first-order chi connectivity index (χ1) is 26.2. The van der Waals surface area contributed by atoms with E-state index in [1.807, 2.05) is 60.7 Å². The summed E-state index contributed by atoms with van der Waals surface area (Å²) in [5.74, 6) is 1.96. The highest BCUT2D eigenvalue weighted by molar-refractivity contribution is 6.09. The minimum absolute atomic E-state index is 0.649. The Balaban J connectivity index is 0.992. The summed E-state index contributed by atoms with van der Waals surface area (Å²) in [7, 11) is 0. The average Bonchev–Trinajstić information content (AvgIpc) is 3.58. The minimum Gasteiger partial charge on any atom is -0.309 e. The van der Waals surface area contributed by atoms with Crippen LogP contribution in [-0.2, 0) is 0 Å². The standard InChI is InChI=1S/C49H32N4/c1-3-12-35(13-4-1)47-50-48(36-14-5-2-6-15-36)52-49(51-47)37-26-22-33(23-27-37)39-28-24-34-25-29-40(31-41(34)30-39)38-16-11-17-42(32-38)53-45-20-9-7-18-43(45)44-19-8-10-21-46(44)53/h1-32H. The summed E-state index contributed by atoms with van der Waals surface area (Å²) < 4.78 is 2.37. The van der Waals surface area contributed by atoms with E-state index < -0.39 is 0 Å². The monoisotopic (exact) mass is 676 g/mol. The first kappa shape index (κ1) is 30.6. The molecule has 10 rings (SSSR count). The third kappa shape index (κ3) is 5.63. The normalized spacial score (nSPS) is 11.4. The average molecular weight is 677 g/mol. The lowest BCUT2D eigenvalue weighted by molar-refractivity contribution is 1.07. The van der Waals surface area contributed by atoms with Gasteiger partial charge in [0.15, 0.2) is 17.5 Å². The number of aromatic nitrogens is 4. The molecule has 10 aromatic rings. The Labute approximate surface area is 307 Å². The Morgan fingerprint density at radius 3 is 1.26 bits per heavy atom. The van der Waals surface area contributed by atoms with Gasteiger partial charge in [-0.1, -0.05) is 158 Å². The fourth-order valence-corrected chi connectivity index (χ4v) is 7.38.